The Morgan fingerprint density at radius 1 is 1.44 bits per heavy atom. The highest BCUT2D eigenvalue weighted by Crippen LogP contribution is 2.26. The van der Waals surface area contributed by atoms with Crippen molar-refractivity contribution in [3.05, 3.63) is 24.2 Å². The molecule has 3 heterocycles. The third-order valence-corrected chi connectivity index (χ3v) is 3.47. The van der Waals surface area contributed by atoms with Crippen LogP contribution in [0.4, 0.5) is 5.82 Å². The molecule has 1 saturated heterocycles. The van der Waals surface area contributed by atoms with Crippen molar-refractivity contribution in [3.8, 4) is 0 Å². The highest BCUT2D eigenvalue weighted by Gasteiger charge is 2.24. The molecule has 2 aromatic heterocycles. The van der Waals surface area contributed by atoms with Crippen molar-refractivity contribution in [3.63, 3.8) is 0 Å². The maximum Gasteiger partial charge on any atom is 0.155 e. The van der Waals surface area contributed by atoms with Gasteiger partial charge in [0.2, 0.25) is 0 Å². The van der Waals surface area contributed by atoms with E-state index in [1.54, 1.807) is 6.20 Å². The molecule has 0 amide bonds. The normalized spacial score (nSPS) is 20.3. The molecule has 1 aliphatic rings. The largest absolute Gasteiger partial charge is 0.345 e. The Kier molecular flexibility index (Phi) is 2.74. The minimum Gasteiger partial charge on any atom is -0.345 e. The first-order valence-electron chi connectivity index (χ1n) is 6.32. The summed E-state index contributed by atoms with van der Waals surface area (Å²) in [5.74, 6) is 0.870. The second kappa shape index (κ2) is 4.40. The molecule has 0 radical (unpaired) electrons. The lowest BCUT2D eigenvalue weighted by Gasteiger charge is -2.33. The van der Waals surface area contributed by atoms with E-state index < -0.39 is 0 Å². The lowest BCUT2D eigenvalue weighted by Crippen LogP contribution is -2.41. The Bertz CT molecular complexity index is 577. The Morgan fingerprint density at radius 3 is 3.17 bits per heavy atom. The fraction of sp³-hybridized carbons (Fsp3) is 0.462. The molecule has 3 rings (SSSR count). The average Bonchev–Trinajstić information content (AvgIpc) is 2.78. The predicted molar refractivity (Wildman–Crippen MR) is 68.8 cm³/mol. The molecule has 0 bridgehead atoms. The number of nitrogens with zero attached hydrogens (tertiary/aromatic N) is 4. The second-order valence-electron chi connectivity index (χ2n) is 4.76. The molecule has 1 atom stereocenters. The molecule has 0 saturated carbocycles. The van der Waals surface area contributed by atoms with Gasteiger partial charge in [-0.25, -0.2) is 9.50 Å². The van der Waals surface area contributed by atoms with Crippen LogP contribution in [0.15, 0.2) is 18.5 Å². The van der Waals surface area contributed by atoms with Gasteiger partial charge in [-0.1, -0.05) is 0 Å². The Balaban J connectivity index is 2.09. The Morgan fingerprint density at radius 2 is 2.33 bits per heavy atom. The molecular formula is C13H16N4O. The van der Waals surface area contributed by atoms with Gasteiger partial charge in [-0.3, -0.25) is 0 Å². The number of rotatable bonds is 2. The average molecular weight is 244 g/mol. The lowest BCUT2D eigenvalue weighted by atomic mass is 10.0. The van der Waals surface area contributed by atoms with Gasteiger partial charge in [-0.15, -0.1) is 0 Å². The molecule has 5 nitrogen and oxygen atoms in total. The van der Waals surface area contributed by atoms with Crippen molar-refractivity contribution >= 4 is 17.6 Å². The van der Waals surface area contributed by atoms with Gasteiger partial charge >= 0.3 is 0 Å². The number of anilines is 1. The smallest absolute Gasteiger partial charge is 0.155 e. The maximum atomic E-state index is 11.2. The molecule has 0 N–H and O–H groups in total. The van der Waals surface area contributed by atoms with Crippen molar-refractivity contribution in [1.82, 2.24) is 14.6 Å². The van der Waals surface area contributed by atoms with Crippen molar-refractivity contribution < 1.29 is 4.79 Å². The van der Waals surface area contributed by atoms with Crippen LogP contribution < -0.4 is 4.90 Å². The quantitative estimate of drug-likeness (QED) is 0.753. The molecule has 94 valence electrons. The van der Waals surface area contributed by atoms with E-state index in [1.165, 1.54) is 0 Å². The molecule has 18 heavy (non-hydrogen) atoms. The zero-order valence-electron chi connectivity index (χ0n) is 10.4. The van der Waals surface area contributed by atoms with E-state index >= 15 is 0 Å². The van der Waals surface area contributed by atoms with Crippen molar-refractivity contribution in [2.24, 2.45) is 0 Å². The van der Waals surface area contributed by atoms with Crippen LogP contribution in [0.2, 0.25) is 0 Å². The van der Waals surface area contributed by atoms with E-state index in [2.05, 4.69) is 15.0 Å². The molecule has 0 aromatic carbocycles. The van der Waals surface area contributed by atoms with E-state index in [4.69, 9.17) is 0 Å². The number of piperidine rings is 1. The molecule has 0 spiro atoms. The van der Waals surface area contributed by atoms with E-state index in [1.807, 2.05) is 23.7 Å². The van der Waals surface area contributed by atoms with Crippen LogP contribution in [0.25, 0.3) is 5.52 Å². The summed E-state index contributed by atoms with van der Waals surface area (Å²) in [6.45, 7) is 2.85. The van der Waals surface area contributed by atoms with Gasteiger partial charge in [-0.05, 0) is 32.3 Å². The third kappa shape index (κ3) is 1.75. The summed E-state index contributed by atoms with van der Waals surface area (Å²) < 4.78 is 1.83. The summed E-state index contributed by atoms with van der Waals surface area (Å²) in [5, 5.41) is 4.38. The van der Waals surface area contributed by atoms with Gasteiger partial charge < -0.3 is 9.69 Å². The third-order valence-electron chi connectivity index (χ3n) is 3.47. The highest BCUT2D eigenvalue weighted by atomic mass is 16.1. The number of carbonyl (C=O) groups is 1. The topological polar surface area (TPSA) is 50.5 Å². The standard InChI is InChI=1S/C13H16N4O/c1-10-8-12-13(14-5-7-17(12)15-10)16-6-3-2-4-11(16)9-18/h5,7-9,11H,2-4,6H2,1H3. The van der Waals surface area contributed by atoms with Gasteiger partial charge in [0.15, 0.2) is 5.82 Å². The fourth-order valence-electron chi connectivity index (χ4n) is 2.61. The van der Waals surface area contributed by atoms with Gasteiger partial charge in [0.25, 0.3) is 0 Å². The first-order chi connectivity index (χ1) is 8.79. The summed E-state index contributed by atoms with van der Waals surface area (Å²) in [7, 11) is 0. The van der Waals surface area contributed by atoms with Gasteiger partial charge in [0.05, 0.1) is 11.7 Å². The predicted octanol–water partition coefficient (Wildman–Crippen LogP) is 1.60. The molecule has 1 unspecified atom stereocenters. The zero-order valence-corrected chi connectivity index (χ0v) is 10.4. The first-order valence-corrected chi connectivity index (χ1v) is 6.32. The van der Waals surface area contributed by atoms with Crippen molar-refractivity contribution in [2.45, 2.75) is 32.2 Å². The Hall–Kier alpha value is -1.91. The summed E-state index contributed by atoms with van der Waals surface area (Å²) in [6, 6.07) is 1.96. The van der Waals surface area contributed by atoms with Gasteiger partial charge in [0, 0.05) is 18.9 Å². The monoisotopic (exact) mass is 244 g/mol. The van der Waals surface area contributed by atoms with Crippen LogP contribution in [0, 0.1) is 6.92 Å². The van der Waals surface area contributed by atoms with Gasteiger partial charge in [-0.2, -0.15) is 5.10 Å². The SMILES string of the molecule is Cc1cc2c(N3CCCCC3C=O)nccn2n1. The number of aldehydes is 1. The molecular weight excluding hydrogens is 228 g/mol. The number of aryl methyl sites for hydroxylation is 1. The molecule has 0 aliphatic carbocycles. The Labute approximate surface area is 105 Å². The minimum atomic E-state index is -0.0485. The number of carbonyl (C=O) groups excluding carboxylic acids is 1. The molecule has 1 fully saturated rings. The van der Waals surface area contributed by atoms with Crippen LogP contribution in [0.3, 0.4) is 0 Å². The number of aromatic nitrogens is 3. The van der Waals surface area contributed by atoms with Crippen LogP contribution in [-0.2, 0) is 4.79 Å². The zero-order chi connectivity index (χ0) is 12.5. The number of hydrogen-bond donors (Lipinski definition) is 0. The molecule has 5 heteroatoms. The van der Waals surface area contributed by atoms with E-state index in [0.717, 1.165) is 49.1 Å². The van der Waals surface area contributed by atoms with Gasteiger partial charge in [0.1, 0.15) is 11.8 Å². The first kappa shape index (κ1) is 11.2. The fourth-order valence-corrected chi connectivity index (χ4v) is 2.61. The van der Waals surface area contributed by atoms with E-state index in [0.29, 0.717) is 0 Å². The summed E-state index contributed by atoms with van der Waals surface area (Å²) in [6.07, 6.45) is 7.76. The van der Waals surface area contributed by atoms with Crippen molar-refractivity contribution in [2.75, 3.05) is 11.4 Å². The molecule has 2 aromatic rings. The van der Waals surface area contributed by atoms with Crippen LogP contribution in [0.1, 0.15) is 25.0 Å². The maximum absolute atomic E-state index is 11.2. The van der Waals surface area contributed by atoms with Crippen molar-refractivity contribution in [1.29, 1.82) is 0 Å². The van der Waals surface area contributed by atoms with E-state index in [9.17, 15) is 4.79 Å². The summed E-state index contributed by atoms with van der Waals surface area (Å²) in [4.78, 5) is 17.7. The summed E-state index contributed by atoms with van der Waals surface area (Å²) >= 11 is 0. The lowest BCUT2D eigenvalue weighted by molar-refractivity contribution is -0.109. The number of hydrogen-bond acceptors (Lipinski definition) is 4. The highest BCUT2D eigenvalue weighted by molar-refractivity contribution is 5.74. The van der Waals surface area contributed by atoms with Crippen LogP contribution in [-0.4, -0.2) is 33.5 Å². The van der Waals surface area contributed by atoms with E-state index in [-0.39, 0.29) is 6.04 Å². The summed E-state index contributed by atoms with van der Waals surface area (Å²) in [5.41, 5.74) is 1.94. The minimum absolute atomic E-state index is 0.0485. The number of fused-ring (bicyclic) bond motifs is 1. The molecule has 1 aliphatic heterocycles. The van der Waals surface area contributed by atoms with Crippen LogP contribution in [0.5, 0.6) is 0 Å². The second-order valence-corrected chi connectivity index (χ2v) is 4.76. The van der Waals surface area contributed by atoms with Crippen LogP contribution >= 0.6 is 0 Å².